The topological polar surface area (TPSA) is 74.3 Å². The number of fused-ring (bicyclic) bond motifs is 1. The average molecular weight is 262 g/mol. The number of H-pyrrole nitrogens is 1. The van der Waals surface area contributed by atoms with Gasteiger partial charge in [0.05, 0.1) is 13.2 Å². The summed E-state index contributed by atoms with van der Waals surface area (Å²) in [4.78, 5) is 15.0. The minimum Gasteiger partial charge on any atom is -0.394 e. The molecule has 2 rings (SSSR count). The van der Waals surface area contributed by atoms with Gasteiger partial charge in [0, 0.05) is 30.4 Å². The zero-order valence-electron chi connectivity index (χ0n) is 10.7. The lowest BCUT2D eigenvalue weighted by molar-refractivity contribution is 0.0867. The van der Waals surface area contributed by atoms with E-state index in [0.29, 0.717) is 25.3 Å². The molecule has 0 aliphatic rings. The first kappa shape index (κ1) is 13.6. The van der Waals surface area contributed by atoms with Crippen LogP contribution in [-0.4, -0.2) is 42.4 Å². The van der Waals surface area contributed by atoms with Crippen LogP contribution >= 0.6 is 0 Å². The number of nitrogens with one attached hydrogen (secondary N) is 2. The van der Waals surface area contributed by atoms with Crippen LogP contribution in [0.15, 0.2) is 30.5 Å². The summed E-state index contributed by atoms with van der Waals surface area (Å²) in [6.07, 6.45) is 2.58. The van der Waals surface area contributed by atoms with Crippen LogP contribution in [0.25, 0.3) is 10.9 Å². The first-order valence-corrected chi connectivity index (χ1v) is 6.35. The molecule has 1 aromatic carbocycles. The van der Waals surface area contributed by atoms with Crippen molar-refractivity contribution in [3.63, 3.8) is 0 Å². The number of carbonyl (C=O) groups is 1. The number of amides is 1. The lowest BCUT2D eigenvalue weighted by Gasteiger charge is -2.06. The van der Waals surface area contributed by atoms with E-state index in [1.165, 1.54) is 0 Å². The van der Waals surface area contributed by atoms with Gasteiger partial charge in [0.2, 0.25) is 0 Å². The standard InChI is InChI=1S/C14H18N2O3/c17-7-9-19-8-1-5-16-14(18)12-3-2-11-4-6-15-13(11)10-12/h2-4,6,10,15,17H,1,5,7-9H2,(H,16,18). The third-order valence-corrected chi connectivity index (χ3v) is 2.80. The highest BCUT2D eigenvalue weighted by atomic mass is 16.5. The molecule has 0 saturated heterocycles. The molecule has 19 heavy (non-hydrogen) atoms. The molecule has 0 aliphatic heterocycles. The molecule has 102 valence electrons. The van der Waals surface area contributed by atoms with Crippen LogP contribution in [0.1, 0.15) is 16.8 Å². The molecule has 1 heterocycles. The predicted octanol–water partition coefficient (Wildman–Crippen LogP) is 1.30. The first-order chi connectivity index (χ1) is 9.31. The van der Waals surface area contributed by atoms with E-state index in [9.17, 15) is 4.79 Å². The minimum absolute atomic E-state index is 0.0303. The van der Waals surface area contributed by atoms with Crippen molar-refractivity contribution in [3.8, 4) is 0 Å². The molecular formula is C14H18N2O3. The van der Waals surface area contributed by atoms with Gasteiger partial charge in [0.15, 0.2) is 0 Å². The highest BCUT2D eigenvalue weighted by Crippen LogP contribution is 2.13. The third-order valence-electron chi connectivity index (χ3n) is 2.80. The molecule has 2 aromatic rings. The van der Waals surface area contributed by atoms with E-state index < -0.39 is 0 Å². The van der Waals surface area contributed by atoms with Crippen molar-refractivity contribution in [2.45, 2.75) is 6.42 Å². The Morgan fingerprint density at radius 1 is 1.32 bits per heavy atom. The number of aliphatic hydroxyl groups excluding tert-OH is 1. The number of aromatic nitrogens is 1. The van der Waals surface area contributed by atoms with Crippen molar-refractivity contribution in [3.05, 3.63) is 36.0 Å². The van der Waals surface area contributed by atoms with Crippen molar-refractivity contribution in [1.29, 1.82) is 0 Å². The summed E-state index contributed by atoms with van der Waals surface area (Å²) in [6.45, 7) is 1.48. The molecule has 0 aliphatic carbocycles. The molecular weight excluding hydrogens is 244 g/mol. The van der Waals surface area contributed by atoms with Crippen molar-refractivity contribution in [2.24, 2.45) is 0 Å². The normalized spacial score (nSPS) is 10.8. The van der Waals surface area contributed by atoms with E-state index in [2.05, 4.69) is 10.3 Å². The number of aliphatic hydroxyl groups is 1. The molecule has 0 spiro atoms. The van der Waals surface area contributed by atoms with E-state index in [-0.39, 0.29) is 12.5 Å². The maximum absolute atomic E-state index is 11.9. The second kappa shape index (κ2) is 6.92. The summed E-state index contributed by atoms with van der Waals surface area (Å²) < 4.78 is 5.11. The van der Waals surface area contributed by atoms with Crippen molar-refractivity contribution in [1.82, 2.24) is 10.3 Å². The Balaban J connectivity index is 1.79. The van der Waals surface area contributed by atoms with E-state index in [0.717, 1.165) is 17.3 Å². The number of carbonyl (C=O) groups excluding carboxylic acids is 1. The molecule has 0 saturated carbocycles. The van der Waals surface area contributed by atoms with Gasteiger partial charge in [-0.3, -0.25) is 4.79 Å². The van der Waals surface area contributed by atoms with Gasteiger partial charge in [-0.1, -0.05) is 6.07 Å². The smallest absolute Gasteiger partial charge is 0.251 e. The van der Waals surface area contributed by atoms with Crippen LogP contribution < -0.4 is 5.32 Å². The lowest BCUT2D eigenvalue weighted by Crippen LogP contribution is -2.25. The minimum atomic E-state index is -0.0846. The van der Waals surface area contributed by atoms with Gasteiger partial charge >= 0.3 is 0 Å². The van der Waals surface area contributed by atoms with E-state index in [1.807, 2.05) is 30.5 Å². The molecule has 0 fully saturated rings. The van der Waals surface area contributed by atoms with Crippen molar-refractivity contribution in [2.75, 3.05) is 26.4 Å². The Morgan fingerprint density at radius 2 is 2.21 bits per heavy atom. The van der Waals surface area contributed by atoms with Gasteiger partial charge in [-0.05, 0) is 30.0 Å². The highest BCUT2D eigenvalue weighted by Gasteiger charge is 2.05. The van der Waals surface area contributed by atoms with Crippen LogP contribution in [0.2, 0.25) is 0 Å². The van der Waals surface area contributed by atoms with Gasteiger partial charge in [-0.15, -0.1) is 0 Å². The fraction of sp³-hybridized carbons (Fsp3) is 0.357. The molecule has 1 aromatic heterocycles. The summed E-state index contributed by atoms with van der Waals surface area (Å²) in [7, 11) is 0. The zero-order valence-corrected chi connectivity index (χ0v) is 10.7. The molecule has 0 bridgehead atoms. The van der Waals surface area contributed by atoms with Crippen LogP contribution in [0.5, 0.6) is 0 Å². The monoisotopic (exact) mass is 262 g/mol. The first-order valence-electron chi connectivity index (χ1n) is 6.35. The fourth-order valence-electron chi connectivity index (χ4n) is 1.83. The zero-order chi connectivity index (χ0) is 13.5. The van der Waals surface area contributed by atoms with Gasteiger partial charge in [-0.2, -0.15) is 0 Å². The Kier molecular flexibility index (Phi) is 4.94. The Morgan fingerprint density at radius 3 is 3.05 bits per heavy atom. The van der Waals surface area contributed by atoms with E-state index in [1.54, 1.807) is 0 Å². The molecule has 5 nitrogen and oxygen atoms in total. The number of hydrogen-bond acceptors (Lipinski definition) is 3. The summed E-state index contributed by atoms with van der Waals surface area (Å²) >= 11 is 0. The second-order valence-corrected chi connectivity index (χ2v) is 4.23. The number of rotatable bonds is 7. The van der Waals surface area contributed by atoms with Gasteiger partial charge in [0.1, 0.15) is 0 Å². The maximum Gasteiger partial charge on any atom is 0.251 e. The van der Waals surface area contributed by atoms with Crippen molar-refractivity contribution < 1.29 is 14.6 Å². The number of hydrogen-bond donors (Lipinski definition) is 3. The third kappa shape index (κ3) is 3.81. The van der Waals surface area contributed by atoms with Crippen LogP contribution in [-0.2, 0) is 4.74 Å². The lowest BCUT2D eigenvalue weighted by atomic mass is 10.1. The summed E-state index contributed by atoms with van der Waals surface area (Å²) in [5.41, 5.74) is 1.60. The SMILES string of the molecule is O=C(NCCCOCCO)c1ccc2cc[nH]c2c1. The van der Waals surface area contributed by atoms with E-state index >= 15 is 0 Å². The molecule has 1 amide bonds. The van der Waals surface area contributed by atoms with Crippen LogP contribution in [0.3, 0.4) is 0 Å². The van der Waals surface area contributed by atoms with Crippen molar-refractivity contribution >= 4 is 16.8 Å². The quantitative estimate of drug-likeness (QED) is 0.658. The van der Waals surface area contributed by atoms with Gasteiger partial charge < -0.3 is 20.1 Å². The predicted molar refractivity (Wildman–Crippen MR) is 73.2 cm³/mol. The summed E-state index contributed by atoms with van der Waals surface area (Å²) in [5, 5.41) is 12.5. The number of benzene rings is 1. The Bertz CT molecular complexity index is 536. The van der Waals surface area contributed by atoms with Crippen LogP contribution in [0.4, 0.5) is 0 Å². The number of ether oxygens (including phenoxy) is 1. The average Bonchev–Trinajstić information content (AvgIpc) is 2.89. The molecule has 0 atom stereocenters. The fourth-order valence-corrected chi connectivity index (χ4v) is 1.83. The van der Waals surface area contributed by atoms with Crippen LogP contribution in [0, 0.1) is 0 Å². The highest BCUT2D eigenvalue weighted by molar-refractivity contribution is 5.97. The molecule has 5 heteroatoms. The maximum atomic E-state index is 11.9. The second-order valence-electron chi connectivity index (χ2n) is 4.23. The largest absolute Gasteiger partial charge is 0.394 e. The number of aromatic amines is 1. The Hall–Kier alpha value is -1.85. The molecule has 0 radical (unpaired) electrons. The summed E-state index contributed by atoms with van der Waals surface area (Å²) in [5.74, 6) is -0.0846. The summed E-state index contributed by atoms with van der Waals surface area (Å²) in [6, 6.07) is 7.54. The molecule has 3 N–H and O–H groups in total. The van der Waals surface area contributed by atoms with Gasteiger partial charge in [-0.25, -0.2) is 0 Å². The molecule has 0 unspecified atom stereocenters. The van der Waals surface area contributed by atoms with Gasteiger partial charge in [0.25, 0.3) is 5.91 Å². The Labute approximate surface area is 111 Å². The van der Waals surface area contributed by atoms with E-state index in [4.69, 9.17) is 9.84 Å².